The summed E-state index contributed by atoms with van der Waals surface area (Å²) in [6.07, 6.45) is -8.15. The maximum atomic E-state index is 11.2. The number of hydrogen-bond donors (Lipinski definition) is 8. The Bertz CT molecular complexity index is 418. The Kier molecular flexibility index (Phi) is 6.19. The number of aliphatic hydroxyl groups is 6. The first kappa shape index (κ1) is 18.7. The number of carbonyl (C=O) groups excluding carboxylic acids is 1. The van der Waals surface area contributed by atoms with Gasteiger partial charge in [-0.25, -0.2) is 4.79 Å². The number of ether oxygens (including phenoxy) is 1. The first-order valence-electron chi connectivity index (χ1n) is 6.35. The third-order valence-electron chi connectivity index (χ3n) is 3.31. The predicted molar refractivity (Wildman–Crippen MR) is 66.2 cm³/mol. The smallest absolute Gasteiger partial charge is 0.364 e. The monoisotopic (exact) mass is 325 g/mol. The van der Waals surface area contributed by atoms with Gasteiger partial charge in [0.2, 0.25) is 5.91 Å². The quantitative estimate of drug-likeness (QED) is 0.242. The van der Waals surface area contributed by atoms with Gasteiger partial charge in [-0.05, 0) is 0 Å². The summed E-state index contributed by atoms with van der Waals surface area (Å²) in [6.45, 7) is -1.90. The van der Waals surface area contributed by atoms with Crippen LogP contribution >= 0.6 is 0 Å². The van der Waals surface area contributed by atoms with Crippen molar-refractivity contribution < 1.29 is 50.1 Å². The number of rotatable bonds is 5. The maximum absolute atomic E-state index is 11.2. The Morgan fingerprint density at radius 2 is 1.91 bits per heavy atom. The van der Waals surface area contributed by atoms with Crippen molar-refractivity contribution in [2.75, 3.05) is 13.2 Å². The van der Waals surface area contributed by atoms with Crippen molar-refractivity contribution in [2.45, 2.75) is 42.7 Å². The van der Waals surface area contributed by atoms with Crippen LogP contribution in [0.3, 0.4) is 0 Å². The van der Waals surface area contributed by atoms with Crippen LogP contribution in [0.15, 0.2) is 0 Å². The third kappa shape index (κ3) is 3.89. The zero-order valence-corrected chi connectivity index (χ0v) is 11.4. The van der Waals surface area contributed by atoms with Crippen LogP contribution in [-0.2, 0) is 14.3 Å². The first-order chi connectivity index (χ1) is 10.2. The minimum Gasteiger partial charge on any atom is -0.477 e. The van der Waals surface area contributed by atoms with E-state index in [4.69, 9.17) is 20.1 Å². The van der Waals surface area contributed by atoms with Gasteiger partial charge in [-0.3, -0.25) is 4.79 Å². The van der Waals surface area contributed by atoms with Crippen LogP contribution in [0.25, 0.3) is 0 Å². The fourth-order valence-corrected chi connectivity index (χ4v) is 2.15. The normalized spacial score (nSPS) is 37.2. The molecule has 11 heteroatoms. The summed E-state index contributed by atoms with van der Waals surface area (Å²) in [5.74, 6) is -5.82. The zero-order valence-electron chi connectivity index (χ0n) is 11.4. The van der Waals surface area contributed by atoms with E-state index in [0.29, 0.717) is 0 Å². The number of carboxylic acids is 1. The van der Waals surface area contributed by atoms with Crippen molar-refractivity contribution in [2.24, 2.45) is 0 Å². The minimum atomic E-state index is -2.94. The van der Waals surface area contributed by atoms with Crippen LogP contribution < -0.4 is 5.32 Å². The molecule has 6 atom stereocenters. The number of amides is 1. The van der Waals surface area contributed by atoms with E-state index >= 15 is 0 Å². The van der Waals surface area contributed by atoms with Gasteiger partial charge in [-0.15, -0.1) is 0 Å². The highest BCUT2D eigenvalue weighted by atomic mass is 16.7. The molecule has 0 aromatic heterocycles. The average molecular weight is 325 g/mol. The molecule has 128 valence electrons. The Hall–Kier alpha value is -1.34. The molecule has 11 nitrogen and oxygen atoms in total. The van der Waals surface area contributed by atoms with Crippen LogP contribution in [0.4, 0.5) is 0 Å². The second-order valence-electron chi connectivity index (χ2n) is 4.94. The standard InChI is InChI=1S/C11H19NO10/c13-2-5(16)9-8(18)7(12-6(17)3-14)4(15)1-11(21,22-9)10(19)20/h4-5,7-9,13-16,18,21H,1-3H2,(H,12,17)(H,19,20)/t4-,5+,7+,8+,9+,11?/m0/s1. The molecule has 1 rings (SSSR count). The fraction of sp³-hybridized carbons (Fsp3) is 0.818. The first-order valence-corrected chi connectivity index (χ1v) is 6.35. The van der Waals surface area contributed by atoms with Gasteiger partial charge >= 0.3 is 5.97 Å². The van der Waals surface area contributed by atoms with E-state index in [2.05, 4.69) is 0 Å². The van der Waals surface area contributed by atoms with Crippen molar-refractivity contribution in [3.63, 3.8) is 0 Å². The van der Waals surface area contributed by atoms with E-state index in [1.165, 1.54) is 0 Å². The molecule has 1 aliphatic rings. The van der Waals surface area contributed by atoms with E-state index in [0.717, 1.165) is 0 Å². The molecule has 1 saturated heterocycles. The van der Waals surface area contributed by atoms with Crippen molar-refractivity contribution >= 4 is 11.9 Å². The number of aliphatic hydroxyl groups excluding tert-OH is 5. The summed E-state index contributed by atoms with van der Waals surface area (Å²) < 4.78 is 4.76. The van der Waals surface area contributed by atoms with E-state index in [-0.39, 0.29) is 0 Å². The van der Waals surface area contributed by atoms with Crippen LogP contribution in [-0.4, -0.2) is 97.1 Å². The van der Waals surface area contributed by atoms with Crippen LogP contribution in [0.1, 0.15) is 6.42 Å². The molecule has 0 radical (unpaired) electrons. The van der Waals surface area contributed by atoms with Gasteiger partial charge in [0.1, 0.15) is 24.9 Å². The molecule has 1 aliphatic heterocycles. The molecular formula is C11H19NO10. The van der Waals surface area contributed by atoms with Crippen molar-refractivity contribution in [3.8, 4) is 0 Å². The van der Waals surface area contributed by atoms with Gasteiger partial charge < -0.3 is 45.8 Å². The van der Waals surface area contributed by atoms with Gasteiger partial charge in [-0.2, -0.15) is 0 Å². The van der Waals surface area contributed by atoms with Gasteiger partial charge in [-0.1, -0.05) is 0 Å². The van der Waals surface area contributed by atoms with Gasteiger partial charge in [0.05, 0.1) is 18.8 Å². The average Bonchev–Trinajstić information content (AvgIpc) is 2.56. The van der Waals surface area contributed by atoms with Gasteiger partial charge in [0.25, 0.3) is 5.79 Å². The molecular weight excluding hydrogens is 306 g/mol. The Labute approximate surface area is 124 Å². The number of carbonyl (C=O) groups is 2. The Morgan fingerprint density at radius 3 is 2.36 bits per heavy atom. The highest BCUT2D eigenvalue weighted by molar-refractivity contribution is 5.77. The highest BCUT2D eigenvalue weighted by Crippen LogP contribution is 2.28. The molecule has 0 bridgehead atoms. The van der Waals surface area contributed by atoms with Crippen molar-refractivity contribution in [1.29, 1.82) is 0 Å². The summed E-state index contributed by atoms with van der Waals surface area (Å²) in [5.41, 5.74) is 0. The molecule has 22 heavy (non-hydrogen) atoms. The topological polar surface area (TPSA) is 197 Å². The largest absolute Gasteiger partial charge is 0.477 e. The molecule has 0 aromatic carbocycles. The molecule has 0 aromatic rings. The van der Waals surface area contributed by atoms with Crippen LogP contribution in [0.2, 0.25) is 0 Å². The van der Waals surface area contributed by atoms with E-state index in [1.54, 1.807) is 0 Å². The van der Waals surface area contributed by atoms with Crippen molar-refractivity contribution in [3.05, 3.63) is 0 Å². The summed E-state index contributed by atoms with van der Waals surface area (Å²) >= 11 is 0. The lowest BCUT2D eigenvalue weighted by Gasteiger charge is -2.32. The molecule has 1 unspecified atom stereocenters. The van der Waals surface area contributed by atoms with Crippen LogP contribution in [0.5, 0.6) is 0 Å². The molecule has 8 N–H and O–H groups in total. The fourth-order valence-electron chi connectivity index (χ4n) is 2.15. The van der Waals surface area contributed by atoms with Gasteiger partial charge in [0.15, 0.2) is 0 Å². The molecule has 0 saturated carbocycles. The Morgan fingerprint density at radius 1 is 1.32 bits per heavy atom. The lowest BCUT2D eigenvalue weighted by molar-refractivity contribution is -0.263. The number of carboxylic acid groups (broad SMARTS) is 1. The summed E-state index contributed by atoms with van der Waals surface area (Å²) in [4.78, 5) is 22.3. The number of nitrogens with one attached hydrogen (secondary N) is 1. The van der Waals surface area contributed by atoms with Crippen LogP contribution in [0, 0.1) is 0 Å². The summed E-state index contributed by atoms with van der Waals surface area (Å²) in [5, 5.41) is 68.1. The number of hydrogen-bond acceptors (Lipinski definition) is 9. The van der Waals surface area contributed by atoms with Gasteiger partial charge in [0, 0.05) is 6.42 Å². The maximum Gasteiger partial charge on any atom is 0.364 e. The molecule has 1 amide bonds. The van der Waals surface area contributed by atoms with E-state index < -0.39 is 67.8 Å². The van der Waals surface area contributed by atoms with E-state index in [1.807, 2.05) is 5.32 Å². The molecule has 0 aliphatic carbocycles. The zero-order chi connectivity index (χ0) is 17.1. The molecule has 0 spiro atoms. The molecule has 1 fully saturated rings. The summed E-state index contributed by atoms with van der Waals surface area (Å²) in [7, 11) is 0. The predicted octanol–water partition coefficient (Wildman–Crippen LogP) is -4.90. The highest BCUT2D eigenvalue weighted by Gasteiger charge is 2.52. The minimum absolute atomic E-state index is 0.926. The second-order valence-corrected chi connectivity index (χ2v) is 4.94. The summed E-state index contributed by atoms with van der Waals surface area (Å²) in [6, 6.07) is -1.54. The van der Waals surface area contributed by atoms with E-state index in [9.17, 15) is 30.0 Å². The third-order valence-corrected chi connectivity index (χ3v) is 3.31. The lowest BCUT2D eigenvalue weighted by atomic mass is 9.95. The van der Waals surface area contributed by atoms with Crippen molar-refractivity contribution in [1.82, 2.24) is 5.32 Å². The lowest BCUT2D eigenvalue weighted by Crippen LogP contribution is -2.57. The SMILES string of the molecule is O=C(CO)N[C@H]1[C@@H](O)[C@@H]([C@H](O)CO)OC(O)(C(=O)O)C[C@@H]1O. The number of aliphatic carboxylic acids is 1. The Balaban J connectivity index is 3.15. The second kappa shape index (κ2) is 7.28. The molecule has 1 heterocycles.